The van der Waals surface area contributed by atoms with Gasteiger partial charge in [0.2, 0.25) is 0 Å². The Kier molecular flexibility index (Phi) is 4.47. The number of carboxylic acids is 1. The number of hydrogen-bond donors (Lipinski definition) is 1. The summed E-state index contributed by atoms with van der Waals surface area (Å²) in [6.45, 7) is 3.79. The number of hydrogen-bond acceptors (Lipinski definition) is 1. The third kappa shape index (κ3) is 3.33. The van der Waals surface area contributed by atoms with Gasteiger partial charge < -0.3 is 5.11 Å². The lowest BCUT2D eigenvalue weighted by atomic mass is 9.90. The van der Waals surface area contributed by atoms with Crippen molar-refractivity contribution < 1.29 is 14.3 Å². The van der Waals surface area contributed by atoms with Crippen LogP contribution in [0.3, 0.4) is 0 Å². The van der Waals surface area contributed by atoms with Crippen molar-refractivity contribution in [1.29, 1.82) is 0 Å². The predicted octanol–water partition coefficient (Wildman–Crippen LogP) is 3.49. The van der Waals surface area contributed by atoms with Crippen LogP contribution in [0.15, 0.2) is 18.2 Å². The Labute approximate surface area is 95.1 Å². The van der Waals surface area contributed by atoms with Gasteiger partial charge in [-0.2, -0.15) is 0 Å². The van der Waals surface area contributed by atoms with Crippen molar-refractivity contribution in [3.05, 3.63) is 35.1 Å². The molecule has 0 aromatic heterocycles. The molecule has 1 unspecified atom stereocenters. The van der Waals surface area contributed by atoms with E-state index in [1.165, 1.54) is 6.07 Å². The quantitative estimate of drug-likeness (QED) is 0.831. The van der Waals surface area contributed by atoms with Crippen molar-refractivity contribution in [3.8, 4) is 0 Å². The van der Waals surface area contributed by atoms with Crippen LogP contribution in [0.5, 0.6) is 0 Å². The molecule has 0 fully saturated rings. The Hall–Kier alpha value is -1.38. The van der Waals surface area contributed by atoms with Crippen molar-refractivity contribution in [2.45, 2.75) is 39.0 Å². The smallest absolute Gasteiger partial charge is 0.303 e. The largest absolute Gasteiger partial charge is 0.481 e. The van der Waals surface area contributed by atoms with Crippen molar-refractivity contribution >= 4 is 5.97 Å². The first-order valence-electron chi connectivity index (χ1n) is 5.52. The number of rotatable bonds is 5. The van der Waals surface area contributed by atoms with Gasteiger partial charge >= 0.3 is 5.97 Å². The molecular weight excluding hydrogens is 207 g/mol. The zero-order chi connectivity index (χ0) is 12.1. The summed E-state index contributed by atoms with van der Waals surface area (Å²) in [5.74, 6) is -1.39. The van der Waals surface area contributed by atoms with E-state index in [9.17, 15) is 9.18 Å². The van der Waals surface area contributed by atoms with E-state index in [0.29, 0.717) is 12.0 Å². The van der Waals surface area contributed by atoms with Gasteiger partial charge in [0.15, 0.2) is 0 Å². The maximum Gasteiger partial charge on any atom is 0.303 e. The third-order valence-electron chi connectivity index (χ3n) is 2.65. The fraction of sp³-hybridized carbons (Fsp3) is 0.462. The Morgan fingerprint density at radius 1 is 1.50 bits per heavy atom. The molecule has 0 saturated heterocycles. The van der Waals surface area contributed by atoms with Crippen molar-refractivity contribution in [2.24, 2.45) is 0 Å². The topological polar surface area (TPSA) is 37.3 Å². The second kappa shape index (κ2) is 5.64. The lowest BCUT2D eigenvalue weighted by molar-refractivity contribution is -0.137. The average molecular weight is 224 g/mol. The summed E-state index contributed by atoms with van der Waals surface area (Å²) < 4.78 is 13.7. The molecule has 0 radical (unpaired) electrons. The van der Waals surface area contributed by atoms with E-state index in [1.54, 1.807) is 6.07 Å². The SMILES string of the molecule is CCCC(CC(=O)O)c1ccc(C)cc1F. The lowest BCUT2D eigenvalue weighted by Gasteiger charge is -2.15. The van der Waals surface area contributed by atoms with Crippen molar-refractivity contribution in [3.63, 3.8) is 0 Å². The molecule has 0 spiro atoms. The highest BCUT2D eigenvalue weighted by Gasteiger charge is 2.18. The molecule has 0 amide bonds. The second-order valence-corrected chi connectivity index (χ2v) is 4.11. The number of carbonyl (C=O) groups is 1. The fourth-order valence-corrected chi connectivity index (χ4v) is 1.89. The zero-order valence-electron chi connectivity index (χ0n) is 9.66. The van der Waals surface area contributed by atoms with E-state index in [1.807, 2.05) is 19.9 Å². The minimum atomic E-state index is -0.876. The van der Waals surface area contributed by atoms with Crippen LogP contribution in [0.25, 0.3) is 0 Å². The van der Waals surface area contributed by atoms with E-state index < -0.39 is 5.97 Å². The molecule has 0 aliphatic heterocycles. The summed E-state index contributed by atoms with van der Waals surface area (Å²) in [4.78, 5) is 10.7. The van der Waals surface area contributed by atoms with Gasteiger partial charge in [0.05, 0.1) is 6.42 Å². The molecule has 0 bridgehead atoms. The van der Waals surface area contributed by atoms with Gasteiger partial charge in [-0.15, -0.1) is 0 Å². The first kappa shape index (κ1) is 12.7. The minimum Gasteiger partial charge on any atom is -0.481 e. The van der Waals surface area contributed by atoms with Crippen LogP contribution >= 0.6 is 0 Å². The van der Waals surface area contributed by atoms with Gasteiger partial charge in [-0.3, -0.25) is 4.79 Å². The molecule has 88 valence electrons. The first-order chi connectivity index (χ1) is 7.54. The minimum absolute atomic E-state index is 0.00613. The van der Waals surface area contributed by atoms with E-state index >= 15 is 0 Å². The molecule has 2 nitrogen and oxygen atoms in total. The summed E-state index contributed by atoms with van der Waals surface area (Å²) in [5.41, 5.74) is 1.38. The monoisotopic (exact) mass is 224 g/mol. The third-order valence-corrected chi connectivity index (χ3v) is 2.65. The number of aryl methyl sites for hydroxylation is 1. The van der Waals surface area contributed by atoms with E-state index in [-0.39, 0.29) is 18.2 Å². The number of aliphatic carboxylic acids is 1. The second-order valence-electron chi connectivity index (χ2n) is 4.11. The maximum absolute atomic E-state index is 13.7. The van der Waals surface area contributed by atoms with Crippen LogP contribution in [0.2, 0.25) is 0 Å². The fourth-order valence-electron chi connectivity index (χ4n) is 1.89. The van der Waals surface area contributed by atoms with Crippen molar-refractivity contribution in [1.82, 2.24) is 0 Å². The summed E-state index contributed by atoms with van der Waals surface area (Å²) in [6.07, 6.45) is 1.55. The van der Waals surface area contributed by atoms with Gasteiger partial charge in [0.1, 0.15) is 5.82 Å². The van der Waals surface area contributed by atoms with Gasteiger partial charge in [0.25, 0.3) is 0 Å². The molecule has 3 heteroatoms. The first-order valence-corrected chi connectivity index (χ1v) is 5.52. The van der Waals surface area contributed by atoms with Gasteiger partial charge in [0, 0.05) is 0 Å². The predicted molar refractivity (Wildman–Crippen MR) is 61.0 cm³/mol. The lowest BCUT2D eigenvalue weighted by Crippen LogP contribution is -2.08. The van der Waals surface area contributed by atoms with Gasteiger partial charge in [-0.05, 0) is 36.5 Å². The molecule has 1 N–H and O–H groups in total. The standard InChI is InChI=1S/C13H17FO2/c1-3-4-10(8-13(15)16)11-6-5-9(2)7-12(11)14/h5-7,10H,3-4,8H2,1-2H3,(H,15,16). The van der Waals surface area contributed by atoms with Crippen LogP contribution in [0.4, 0.5) is 4.39 Å². The molecule has 0 aliphatic carbocycles. The summed E-state index contributed by atoms with van der Waals surface area (Å²) in [5, 5.41) is 8.79. The summed E-state index contributed by atoms with van der Waals surface area (Å²) in [6, 6.07) is 4.98. The summed E-state index contributed by atoms with van der Waals surface area (Å²) in [7, 11) is 0. The van der Waals surface area contributed by atoms with Crippen LogP contribution in [0.1, 0.15) is 43.2 Å². The molecule has 1 rings (SSSR count). The van der Waals surface area contributed by atoms with Crippen LogP contribution in [0, 0.1) is 12.7 Å². The highest BCUT2D eigenvalue weighted by Crippen LogP contribution is 2.27. The van der Waals surface area contributed by atoms with Crippen LogP contribution in [-0.2, 0) is 4.79 Å². The highest BCUT2D eigenvalue weighted by molar-refractivity contribution is 5.68. The van der Waals surface area contributed by atoms with E-state index in [0.717, 1.165) is 12.0 Å². The van der Waals surface area contributed by atoms with E-state index in [4.69, 9.17) is 5.11 Å². The number of halogens is 1. The molecule has 1 aromatic carbocycles. The zero-order valence-corrected chi connectivity index (χ0v) is 9.66. The van der Waals surface area contributed by atoms with Crippen LogP contribution < -0.4 is 0 Å². The highest BCUT2D eigenvalue weighted by atomic mass is 19.1. The van der Waals surface area contributed by atoms with Gasteiger partial charge in [-0.25, -0.2) is 4.39 Å². The molecule has 0 saturated carbocycles. The Balaban J connectivity index is 2.95. The van der Waals surface area contributed by atoms with Crippen LogP contribution in [-0.4, -0.2) is 11.1 Å². The molecule has 16 heavy (non-hydrogen) atoms. The number of benzene rings is 1. The molecular formula is C13H17FO2. The normalized spacial score (nSPS) is 12.4. The number of carboxylic acid groups (broad SMARTS) is 1. The molecule has 1 atom stereocenters. The maximum atomic E-state index is 13.7. The molecule has 0 aliphatic rings. The van der Waals surface area contributed by atoms with Gasteiger partial charge in [-0.1, -0.05) is 25.5 Å². The molecule has 1 aromatic rings. The van der Waals surface area contributed by atoms with E-state index in [2.05, 4.69) is 0 Å². The Morgan fingerprint density at radius 2 is 2.19 bits per heavy atom. The Bertz CT molecular complexity index is 374. The molecule has 0 heterocycles. The average Bonchev–Trinajstić information content (AvgIpc) is 2.16. The Morgan fingerprint density at radius 3 is 2.69 bits per heavy atom. The summed E-state index contributed by atoms with van der Waals surface area (Å²) >= 11 is 0. The van der Waals surface area contributed by atoms with Crippen molar-refractivity contribution in [2.75, 3.05) is 0 Å².